The van der Waals surface area contributed by atoms with Crippen LogP contribution in [0.25, 0.3) is 0 Å². The highest BCUT2D eigenvalue weighted by atomic mass is 19.4. The van der Waals surface area contributed by atoms with E-state index in [9.17, 15) is 18.0 Å². The van der Waals surface area contributed by atoms with Gasteiger partial charge in [0.1, 0.15) is 0 Å². The van der Waals surface area contributed by atoms with Crippen LogP contribution in [0.5, 0.6) is 0 Å². The largest absolute Gasteiger partial charge is 0.490 e. The van der Waals surface area contributed by atoms with Crippen molar-refractivity contribution in [3.63, 3.8) is 0 Å². The van der Waals surface area contributed by atoms with E-state index in [0.29, 0.717) is 0 Å². The van der Waals surface area contributed by atoms with Gasteiger partial charge in [-0.05, 0) is 50.8 Å². The van der Waals surface area contributed by atoms with Crippen LogP contribution >= 0.6 is 0 Å². The summed E-state index contributed by atoms with van der Waals surface area (Å²) >= 11 is 0. The maximum atomic E-state index is 12.8. The van der Waals surface area contributed by atoms with Crippen molar-refractivity contribution in [3.8, 4) is 0 Å². The second-order valence-electron chi connectivity index (χ2n) is 7.99. The second kappa shape index (κ2) is 9.54. The number of carboxylic acids is 1. The lowest BCUT2D eigenvalue weighted by molar-refractivity contribution is -0.192. The van der Waals surface area contributed by atoms with E-state index in [-0.39, 0.29) is 11.4 Å². The quantitative estimate of drug-likeness (QED) is 0.751. The lowest BCUT2D eigenvalue weighted by Crippen LogP contribution is -2.53. The molecule has 0 aliphatic carbocycles. The molecule has 0 radical (unpaired) electrons. The molecule has 1 amide bonds. The standard InChI is InChI=1S/C20H24N4O.C2HF3O2/c1-16-4-6-17(7-5-16)18(25)23-14-9-20(10-15-23)8-2-13-24(20)19-21-11-3-12-22-19;3-2(4,5)1(6)7/h3-7,11-12H,2,8-10,13-15H2,1H3;(H,6,7). The van der Waals surface area contributed by atoms with Crippen LogP contribution in [0.4, 0.5) is 19.1 Å². The number of hydrogen-bond donors (Lipinski definition) is 1. The molecule has 2 aliphatic heterocycles. The summed E-state index contributed by atoms with van der Waals surface area (Å²) in [6, 6.07) is 9.73. The molecule has 10 heteroatoms. The molecule has 2 fully saturated rings. The molecular formula is C22H25F3N4O3. The van der Waals surface area contributed by atoms with Gasteiger partial charge in [-0.3, -0.25) is 4.79 Å². The molecular weight excluding hydrogens is 425 g/mol. The monoisotopic (exact) mass is 450 g/mol. The van der Waals surface area contributed by atoms with E-state index in [1.165, 1.54) is 12.0 Å². The second-order valence-corrected chi connectivity index (χ2v) is 7.99. The Labute approximate surface area is 183 Å². The molecule has 2 aromatic rings. The van der Waals surface area contributed by atoms with Crippen molar-refractivity contribution in [2.24, 2.45) is 0 Å². The minimum absolute atomic E-state index is 0.116. The molecule has 0 unspecified atom stereocenters. The highest BCUT2D eigenvalue weighted by molar-refractivity contribution is 5.94. The topological polar surface area (TPSA) is 86.6 Å². The number of anilines is 1. The molecule has 3 heterocycles. The molecule has 0 saturated carbocycles. The molecule has 1 aromatic carbocycles. The number of aryl methyl sites for hydroxylation is 1. The molecule has 2 aliphatic rings. The first-order valence-electron chi connectivity index (χ1n) is 10.3. The average molecular weight is 450 g/mol. The minimum atomic E-state index is -5.08. The molecule has 4 rings (SSSR count). The average Bonchev–Trinajstić information content (AvgIpc) is 3.17. The molecule has 7 nitrogen and oxygen atoms in total. The fraction of sp³-hybridized carbons (Fsp3) is 0.455. The number of aromatic nitrogens is 2. The summed E-state index contributed by atoms with van der Waals surface area (Å²) in [6.45, 7) is 4.65. The normalized spacial score (nSPS) is 17.6. The Morgan fingerprint density at radius 1 is 1.00 bits per heavy atom. The number of halogens is 3. The number of rotatable bonds is 2. The minimum Gasteiger partial charge on any atom is -0.475 e. The van der Waals surface area contributed by atoms with Gasteiger partial charge in [-0.2, -0.15) is 13.2 Å². The van der Waals surface area contributed by atoms with Gasteiger partial charge in [0.25, 0.3) is 5.91 Å². The summed E-state index contributed by atoms with van der Waals surface area (Å²) in [7, 11) is 0. The molecule has 1 aromatic heterocycles. The van der Waals surface area contributed by atoms with Crippen LogP contribution in [0.1, 0.15) is 41.6 Å². The Kier molecular flexibility index (Phi) is 7.00. The third-order valence-electron chi connectivity index (χ3n) is 5.91. The molecule has 1 N–H and O–H groups in total. The zero-order chi connectivity index (χ0) is 23.4. The van der Waals surface area contributed by atoms with Crippen LogP contribution in [0, 0.1) is 6.92 Å². The van der Waals surface area contributed by atoms with Crippen LogP contribution in [0.3, 0.4) is 0 Å². The van der Waals surface area contributed by atoms with Gasteiger partial charge < -0.3 is 14.9 Å². The van der Waals surface area contributed by atoms with Crippen LogP contribution in [-0.2, 0) is 4.79 Å². The van der Waals surface area contributed by atoms with Crippen LogP contribution in [-0.4, -0.2) is 63.2 Å². The SMILES string of the molecule is Cc1ccc(C(=O)N2CCC3(CCCN3c3ncccn3)CC2)cc1.O=C(O)C(F)(F)F. The molecule has 2 saturated heterocycles. The number of piperidine rings is 1. The van der Waals surface area contributed by atoms with Crippen molar-refractivity contribution in [2.75, 3.05) is 24.5 Å². The Morgan fingerprint density at radius 3 is 2.09 bits per heavy atom. The maximum Gasteiger partial charge on any atom is 0.490 e. The molecule has 32 heavy (non-hydrogen) atoms. The summed E-state index contributed by atoms with van der Waals surface area (Å²) in [5.74, 6) is -1.78. The fourth-order valence-electron chi connectivity index (χ4n) is 4.21. The van der Waals surface area contributed by atoms with Crippen molar-refractivity contribution in [1.29, 1.82) is 0 Å². The highest BCUT2D eigenvalue weighted by Crippen LogP contribution is 2.40. The lowest BCUT2D eigenvalue weighted by atomic mass is 9.85. The van der Waals surface area contributed by atoms with Crippen molar-refractivity contribution in [3.05, 3.63) is 53.9 Å². The van der Waals surface area contributed by atoms with E-state index in [1.807, 2.05) is 54.5 Å². The summed E-state index contributed by atoms with van der Waals surface area (Å²) < 4.78 is 31.7. The van der Waals surface area contributed by atoms with Gasteiger partial charge in [0.15, 0.2) is 0 Å². The Bertz CT molecular complexity index is 928. The first-order valence-corrected chi connectivity index (χ1v) is 10.3. The zero-order valence-electron chi connectivity index (χ0n) is 17.7. The van der Waals surface area contributed by atoms with Gasteiger partial charge in [-0.1, -0.05) is 17.7 Å². The predicted octanol–water partition coefficient (Wildman–Crippen LogP) is 3.69. The maximum absolute atomic E-state index is 12.8. The van der Waals surface area contributed by atoms with Crippen LogP contribution in [0.15, 0.2) is 42.7 Å². The van der Waals surface area contributed by atoms with Gasteiger partial charge in [0.05, 0.1) is 0 Å². The molecule has 0 atom stereocenters. The van der Waals surface area contributed by atoms with E-state index in [0.717, 1.165) is 50.4 Å². The van der Waals surface area contributed by atoms with E-state index in [4.69, 9.17) is 9.90 Å². The zero-order valence-corrected chi connectivity index (χ0v) is 17.7. The summed E-state index contributed by atoms with van der Waals surface area (Å²) in [5, 5.41) is 7.12. The summed E-state index contributed by atoms with van der Waals surface area (Å²) in [6.07, 6.45) is 2.85. The van der Waals surface area contributed by atoms with Gasteiger partial charge >= 0.3 is 12.1 Å². The fourth-order valence-corrected chi connectivity index (χ4v) is 4.21. The number of hydrogen-bond acceptors (Lipinski definition) is 5. The number of nitrogens with zero attached hydrogens (tertiary/aromatic N) is 4. The molecule has 0 bridgehead atoms. The Balaban J connectivity index is 0.000000360. The van der Waals surface area contributed by atoms with E-state index in [1.54, 1.807) is 0 Å². The van der Waals surface area contributed by atoms with E-state index >= 15 is 0 Å². The smallest absolute Gasteiger partial charge is 0.475 e. The summed E-state index contributed by atoms with van der Waals surface area (Å²) in [5.41, 5.74) is 2.08. The van der Waals surface area contributed by atoms with Gasteiger partial charge in [0.2, 0.25) is 5.95 Å². The van der Waals surface area contributed by atoms with Gasteiger partial charge in [0, 0.05) is 43.1 Å². The first-order chi connectivity index (χ1) is 15.1. The lowest BCUT2D eigenvalue weighted by Gasteiger charge is -2.45. The van der Waals surface area contributed by atoms with Gasteiger partial charge in [-0.15, -0.1) is 0 Å². The number of aliphatic carboxylic acids is 1. The predicted molar refractivity (Wildman–Crippen MR) is 111 cm³/mol. The first kappa shape index (κ1) is 23.5. The Morgan fingerprint density at radius 2 is 1.56 bits per heavy atom. The number of benzene rings is 1. The summed E-state index contributed by atoms with van der Waals surface area (Å²) in [4.78, 5) is 34.9. The van der Waals surface area contributed by atoms with Crippen LogP contribution in [0.2, 0.25) is 0 Å². The number of alkyl halides is 3. The van der Waals surface area contributed by atoms with Crippen molar-refractivity contribution in [1.82, 2.24) is 14.9 Å². The van der Waals surface area contributed by atoms with Gasteiger partial charge in [-0.25, -0.2) is 14.8 Å². The number of likely N-dealkylation sites (tertiary alicyclic amines) is 1. The number of carboxylic acid groups (broad SMARTS) is 1. The van der Waals surface area contributed by atoms with Crippen molar-refractivity contribution < 1.29 is 27.9 Å². The van der Waals surface area contributed by atoms with Crippen LogP contribution < -0.4 is 4.90 Å². The highest BCUT2D eigenvalue weighted by Gasteiger charge is 2.45. The van der Waals surface area contributed by atoms with Crippen molar-refractivity contribution in [2.45, 2.75) is 44.3 Å². The Hall–Kier alpha value is -3.17. The van der Waals surface area contributed by atoms with E-state index < -0.39 is 12.1 Å². The molecule has 172 valence electrons. The third-order valence-corrected chi connectivity index (χ3v) is 5.91. The van der Waals surface area contributed by atoms with Crippen molar-refractivity contribution >= 4 is 17.8 Å². The third kappa shape index (κ3) is 5.35. The number of amides is 1. The molecule has 1 spiro atoms. The van der Waals surface area contributed by atoms with E-state index in [2.05, 4.69) is 14.9 Å². The number of carbonyl (C=O) groups is 2. The number of carbonyl (C=O) groups excluding carboxylic acids is 1.